The fourth-order valence-electron chi connectivity index (χ4n) is 2.00. The number of nitrogens with zero attached hydrogens (tertiary/aromatic N) is 1. The standard InChI is InChI=1S/C12H13NO5/c1-7-4-10(14)13(11(15)5-7)6-9-8(12(16)17)2-3-18-9/h2-3,7H,4-6H2,1H3,(H,16,17). The molecule has 1 aromatic heterocycles. The molecule has 0 bridgehead atoms. The van der Waals surface area contributed by atoms with E-state index in [0.717, 1.165) is 4.90 Å². The number of furan rings is 1. The number of carboxylic acids is 1. The maximum atomic E-state index is 11.7. The first-order valence-electron chi connectivity index (χ1n) is 5.62. The molecule has 96 valence electrons. The van der Waals surface area contributed by atoms with Crippen LogP contribution in [0.4, 0.5) is 0 Å². The average Bonchev–Trinajstić information content (AvgIpc) is 2.71. The van der Waals surface area contributed by atoms with E-state index in [-0.39, 0.29) is 35.6 Å². The topological polar surface area (TPSA) is 87.8 Å². The summed E-state index contributed by atoms with van der Waals surface area (Å²) in [5.74, 6) is -1.54. The number of amides is 2. The molecule has 1 aliphatic heterocycles. The van der Waals surface area contributed by atoms with Gasteiger partial charge >= 0.3 is 5.97 Å². The summed E-state index contributed by atoms with van der Waals surface area (Å²) in [6, 6.07) is 1.30. The van der Waals surface area contributed by atoms with Gasteiger partial charge in [0.15, 0.2) is 0 Å². The first kappa shape index (κ1) is 12.3. The predicted molar refractivity (Wildman–Crippen MR) is 59.6 cm³/mol. The number of likely N-dealkylation sites (tertiary alicyclic amines) is 1. The Bertz CT molecular complexity index is 486. The number of hydrogen-bond donors (Lipinski definition) is 1. The lowest BCUT2D eigenvalue weighted by atomic mass is 9.97. The second-order valence-electron chi connectivity index (χ2n) is 4.45. The van der Waals surface area contributed by atoms with Crippen LogP contribution in [0.15, 0.2) is 16.7 Å². The fraction of sp³-hybridized carbons (Fsp3) is 0.417. The van der Waals surface area contributed by atoms with Crippen LogP contribution >= 0.6 is 0 Å². The van der Waals surface area contributed by atoms with Gasteiger partial charge in [0.1, 0.15) is 11.3 Å². The highest BCUT2D eigenvalue weighted by Gasteiger charge is 2.31. The van der Waals surface area contributed by atoms with Crippen molar-refractivity contribution in [3.8, 4) is 0 Å². The van der Waals surface area contributed by atoms with E-state index in [1.807, 2.05) is 6.92 Å². The Morgan fingerprint density at radius 1 is 1.44 bits per heavy atom. The van der Waals surface area contributed by atoms with E-state index in [4.69, 9.17) is 9.52 Å². The Labute approximate surface area is 103 Å². The van der Waals surface area contributed by atoms with Crippen LogP contribution in [0, 0.1) is 5.92 Å². The summed E-state index contributed by atoms with van der Waals surface area (Å²) in [5, 5.41) is 8.91. The van der Waals surface area contributed by atoms with E-state index in [2.05, 4.69) is 0 Å². The van der Waals surface area contributed by atoms with Crippen molar-refractivity contribution < 1.29 is 23.9 Å². The lowest BCUT2D eigenvalue weighted by Gasteiger charge is -2.27. The average molecular weight is 251 g/mol. The van der Waals surface area contributed by atoms with Crippen molar-refractivity contribution in [1.29, 1.82) is 0 Å². The van der Waals surface area contributed by atoms with Crippen LogP contribution < -0.4 is 0 Å². The van der Waals surface area contributed by atoms with E-state index < -0.39 is 5.97 Å². The zero-order chi connectivity index (χ0) is 13.3. The largest absolute Gasteiger partial charge is 0.478 e. The zero-order valence-electron chi connectivity index (χ0n) is 9.88. The minimum absolute atomic E-state index is 0.0192. The van der Waals surface area contributed by atoms with Crippen LogP contribution in [0.2, 0.25) is 0 Å². The molecular weight excluding hydrogens is 238 g/mol. The maximum Gasteiger partial charge on any atom is 0.339 e. The van der Waals surface area contributed by atoms with Gasteiger partial charge in [-0.3, -0.25) is 14.5 Å². The molecule has 0 radical (unpaired) electrons. The van der Waals surface area contributed by atoms with Crippen molar-refractivity contribution in [3.05, 3.63) is 23.7 Å². The van der Waals surface area contributed by atoms with E-state index in [1.165, 1.54) is 12.3 Å². The van der Waals surface area contributed by atoms with Gasteiger partial charge in [0.2, 0.25) is 11.8 Å². The van der Waals surface area contributed by atoms with Crippen LogP contribution in [0.3, 0.4) is 0 Å². The van der Waals surface area contributed by atoms with E-state index in [0.29, 0.717) is 12.8 Å². The lowest BCUT2D eigenvalue weighted by Crippen LogP contribution is -2.42. The first-order valence-corrected chi connectivity index (χ1v) is 5.62. The molecule has 18 heavy (non-hydrogen) atoms. The molecule has 2 rings (SSSR count). The quantitative estimate of drug-likeness (QED) is 0.817. The molecule has 1 fully saturated rings. The van der Waals surface area contributed by atoms with Crippen molar-refractivity contribution in [2.75, 3.05) is 0 Å². The van der Waals surface area contributed by atoms with Gasteiger partial charge in [-0.2, -0.15) is 0 Å². The summed E-state index contributed by atoms with van der Waals surface area (Å²) >= 11 is 0. The third-order valence-corrected chi connectivity index (χ3v) is 2.93. The van der Waals surface area contributed by atoms with E-state index >= 15 is 0 Å². The van der Waals surface area contributed by atoms with Crippen LogP contribution in [-0.2, 0) is 16.1 Å². The number of rotatable bonds is 3. The Morgan fingerprint density at radius 3 is 2.61 bits per heavy atom. The molecule has 0 unspecified atom stereocenters. The zero-order valence-corrected chi connectivity index (χ0v) is 9.88. The number of carbonyl (C=O) groups excluding carboxylic acids is 2. The first-order chi connectivity index (χ1) is 8.49. The molecule has 0 aromatic carbocycles. The number of aromatic carboxylic acids is 1. The third-order valence-electron chi connectivity index (χ3n) is 2.93. The number of imide groups is 1. The molecule has 6 heteroatoms. The smallest absolute Gasteiger partial charge is 0.339 e. The number of hydrogen-bond acceptors (Lipinski definition) is 4. The molecule has 0 spiro atoms. The molecule has 1 N–H and O–H groups in total. The van der Waals surface area contributed by atoms with Gasteiger partial charge in [-0.25, -0.2) is 4.79 Å². The molecule has 0 saturated carbocycles. The molecule has 2 heterocycles. The lowest BCUT2D eigenvalue weighted by molar-refractivity contribution is -0.150. The minimum Gasteiger partial charge on any atom is -0.478 e. The molecule has 1 aliphatic rings. The maximum absolute atomic E-state index is 11.7. The summed E-state index contributed by atoms with van der Waals surface area (Å²) in [7, 11) is 0. The van der Waals surface area contributed by atoms with Gasteiger partial charge in [0.25, 0.3) is 0 Å². The molecule has 6 nitrogen and oxygen atoms in total. The van der Waals surface area contributed by atoms with Crippen molar-refractivity contribution in [2.45, 2.75) is 26.3 Å². The third kappa shape index (κ3) is 2.27. The number of carbonyl (C=O) groups is 3. The molecule has 0 aliphatic carbocycles. The van der Waals surface area contributed by atoms with Crippen molar-refractivity contribution >= 4 is 17.8 Å². The highest BCUT2D eigenvalue weighted by molar-refractivity contribution is 5.98. The summed E-state index contributed by atoms with van der Waals surface area (Å²) in [5.41, 5.74) is -0.0192. The van der Waals surface area contributed by atoms with Crippen molar-refractivity contribution in [1.82, 2.24) is 4.90 Å². The normalized spacial score (nSPS) is 17.3. The summed E-state index contributed by atoms with van der Waals surface area (Å²) in [4.78, 5) is 35.4. The summed E-state index contributed by atoms with van der Waals surface area (Å²) < 4.78 is 5.03. The summed E-state index contributed by atoms with van der Waals surface area (Å²) in [6.07, 6.45) is 1.84. The second-order valence-corrected chi connectivity index (χ2v) is 4.45. The molecular formula is C12H13NO5. The highest BCUT2D eigenvalue weighted by Crippen LogP contribution is 2.22. The van der Waals surface area contributed by atoms with E-state index in [1.54, 1.807) is 0 Å². The van der Waals surface area contributed by atoms with Gasteiger partial charge in [0, 0.05) is 12.8 Å². The number of carboxylic acid groups (broad SMARTS) is 1. The van der Waals surface area contributed by atoms with Crippen molar-refractivity contribution in [2.24, 2.45) is 5.92 Å². The minimum atomic E-state index is -1.14. The van der Waals surface area contributed by atoms with Crippen molar-refractivity contribution in [3.63, 3.8) is 0 Å². The molecule has 1 aromatic rings. The van der Waals surface area contributed by atoms with E-state index in [9.17, 15) is 14.4 Å². The monoisotopic (exact) mass is 251 g/mol. The highest BCUT2D eigenvalue weighted by atomic mass is 16.4. The number of piperidine rings is 1. The Kier molecular flexibility index (Phi) is 3.18. The van der Waals surface area contributed by atoms with Crippen LogP contribution in [0.5, 0.6) is 0 Å². The van der Waals surface area contributed by atoms with Crippen LogP contribution in [-0.4, -0.2) is 27.8 Å². The molecule has 2 amide bonds. The summed E-state index contributed by atoms with van der Waals surface area (Å²) in [6.45, 7) is 1.72. The second kappa shape index (κ2) is 4.64. The predicted octanol–water partition coefficient (Wildman–Crippen LogP) is 1.26. The molecule has 0 atom stereocenters. The fourth-order valence-corrected chi connectivity index (χ4v) is 2.00. The van der Waals surface area contributed by atoms with Gasteiger partial charge in [-0.05, 0) is 12.0 Å². The Morgan fingerprint density at radius 2 is 2.06 bits per heavy atom. The van der Waals surface area contributed by atoms with Crippen LogP contribution in [0.25, 0.3) is 0 Å². The Hall–Kier alpha value is -2.11. The Balaban J connectivity index is 2.18. The van der Waals surface area contributed by atoms with Gasteiger partial charge < -0.3 is 9.52 Å². The molecule has 1 saturated heterocycles. The van der Waals surface area contributed by atoms with Gasteiger partial charge in [0.05, 0.1) is 12.8 Å². The SMILES string of the molecule is CC1CC(=O)N(Cc2occc2C(=O)O)C(=O)C1. The van der Waals surface area contributed by atoms with Gasteiger partial charge in [-0.15, -0.1) is 0 Å². The van der Waals surface area contributed by atoms with Gasteiger partial charge in [-0.1, -0.05) is 6.92 Å². The van der Waals surface area contributed by atoms with Crippen LogP contribution in [0.1, 0.15) is 35.9 Å².